The van der Waals surface area contributed by atoms with Gasteiger partial charge < -0.3 is 5.32 Å². The summed E-state index contributed by atoms with van der Waals surface area (Å²) in [6.07, 6.45) is 3.86. The first-order valence-corrected chi connectivity index (χ1v) is 9.77. The summed E-state index contributed by atoms with van der Waals surface area (Å²) in [5, 5.41) is 3.96. The Labute approximate surface area is 146 Å². The SMILES string of the molecule is CCC1(C)CCC2(C)NC2(C)C(C)(C)C(C)(C)C1(C)C(C)(C)C. The van der Waals surface area contributed by atoms with Gasteiger partial charge in [0.1, 0.15) is 0 Å². The van der Waals surface area contributed by atoms with Crippen LogP contribution in [-0.2, 0) is 0 Å². The molecule has 23 heavy (non-hydrogen) atoms. The predicted molar refractivity (Wildman–Crippen MR) is 103 cm³/mol. The minimum atomic E-state index is 0.211. The van der Waals surface area contributed by atoms with Gasteiger partial charge in [0, 0.05) is 11.1 Å². The van der Waals surface area contributed by atoms with Crippen LogP contribution in [-0.4, -0.2) is 11.1 Å². The first-order chi connectivity index (χ1) is 9.97. The Hall–Kier alpha value is -0.0400. The minimum absolute atomic E-state index is 0.211. The van der Waals surface area contributed by atoms with Crippen molar-refractivity contribution in [2.24, 2.45) is 27.1 Å². The molecule has 1 aliphatic heterocycles. The van der Waals surface area contributed by atoms with Gasteiger partial charge in [0.05, 0.1) is 0 Å². The van der Waals surface area contributed by atoms with Crippen molar-refractivity contribution in [1.82, 2.24) is 5.32 Å². The van der Waals surface area contributed by atoms with Crippen LogP contribution in [0, 0.1) is 27.1 Å². The number of rotatable bonds is 1. The first kappa shape index (κ1) is 19.3. The van der Waals surface area contributed by atoms with Crippen molar-refractivity contribution < 1.29 is 0 Å². The fourth-order valence-corrected chi connectivity index (χ4v) is 6.83. The molecular formula is C22H43N. The van der Waals surface area contributed by atoms with Crippen LogP contribution in [0.25, 0.3) is 0 Å². The maximum Gasteiger partial charge on any atom is 0.0394 e. The minimum Gasteiger partial charge on any atom is -0.302 e. The maximum atomic E-state index is 3.96. The molecular weight excluding hydrogens is 278 g/mol. The molecule has 136 valence electrons. The largest absolute Gasteiger partial charge is 0.302 e. The van der Waals surface area contributed by atoms with E-state index in [0.717, 1.165) is 0 Å². The maximum absolute atomic E-state index is 3.96. The zero-order valence-corrected chi connectivity index (χ0v) is 18.1. The van der Waals surface area contributed by atoms with Crippen molar-refractivity contribution in [2.75, 3.05) is 0 Å². The van der Waals surface area contributed by atoms with Gasteiger partial charge in [0.15, 0.2) is 0 Å². The lowest BCUT2D eigenvalue weighted by molar-refractivity contribution is -0.197. The van der Waals surface area contributed by atoms with Gasteiger partial charge in [-0.3, -0.25) is 0 Å². The quantitative estimate of drug-likeness (QED) is 0.553. The summed E-state index contributed by atoms with van der Waals surface area (Å²) in [5.74, 6) is 0. The standard InChI is InChI=1S/C22H43N/c1-13-19(9)14-15-20(10)22(12,23-20)18(7,8)17(5,6)21(19,11)16(2,3)4/h23H,13-15H2,1-12H3. The van der Waals surface area contributed by atoms with E-state index in [1.807, 2.05) is 0 Å². The summed E-state index contributed by atoms with van der Waals surface area (Å²) in [6.45, 7) is 30.1. The number of nitrogens with one attached hydrogen (secondary N) is 1. The summed E-state index contributed by atoms with van der Waals surface area (Å²) in [5.41, 5.74) is 1.81. The van der Waals surface area contributed by atoms with Gasteiger partial charge in [0.2, 0.25) is 0 Å². The smallest absolute Gasteiger partial charge is 0.0394 e. The van der Waals surface area contributed by atoms with Crippen molar-refractivity contribution in [3.63, 3.8) is 0 Å². The number of hydrogen-bond donors (Lipinski definition) is 1. The molecule has 0 aromatic heterocycles. The fraction of sp³-hybridized carbons (Fsp3) is 1.00. The Bertz CT molecular complexity index is 497. The average molecular weight is 322 g/mol. The Morgan fingerprint density at radius 3 is 1.65 bits per heavy atom. The second kappa shape index (κ2) is 4.57. The van der Waals surface area contributed by atoms with Crippen molar-refractivity contribution >= 4 is 0 Å². The Morgan fingerprint density at radius 1 is 0.783 bits per heavy atom. The highest BCUT2D eigenvalue weighted by atomic mass is 15.3. The third-order valence-corrected chi connectivity index (χ3v) is 10.3. The molecule has 1 N–H and O–H groups in total. The molecule has 0 amide bonds. The molecule has 1 aliphatic carbocycles. The molecule has 1 saturated carbocycles. The van der Waals surface area contributed by atoms with E-state index in [-0.39, 0.29) is 27.2 Å². The fourth-order valence-electron chi connectivity index (χ4n) is 6.83. The van der Waals surface area contributed by atoms with Gasteiger partial charge in [-0.25, -0.2) is 0 Å². The van der Waals surface area contributed by atoms with E-state index in [1.54, 1.807) is 0 Å². The molecule has 0 aromatic rings. The van der Waals surface area contributed by atoms with E-state index in [9.17, 15) is 0 Å². The van der Waals surface area contributed by atoms with Crippen LogP contribution in [0.3, 0.4) is 0 Å². The van der Waals surface area contributed by atoms with Gasteiger partial charge in [-0.1, -0.05) is 75.7 Å². The zero-order chi connectivity index (χ0) is 18.3. The number of fused-ring (bicyclic) bond motifs is 1. The van der Waals surface area contributed by atoms with Crippen LogP contribution in [0.1, 0.15) is 102 Å². The summed E-state index contributed by atoms with van der Waals surface area (Å²) in [6, 6.07) is 0. The second-order valence-corrected chi connectivity index (χ2v) is 11.6. The van der Waals surface area contributed by atoms with Gasteiger partial charge in [0.25, 0.3) is 0 Å². The molecule has 1 heterocycles. The highest BCUT2D eigenvalue weighted by Gasteiger charge is 2.76. The second-order valence-electron chi connectivity index (χ2n) is 11.6. The van der Waals surface area contributed by atoms with Gasteiger partial charge in [-0.2, -0.15) is 0 Å². The topological polar surface area (TPSA) is 21.9 Å². The Balaban J connectivity index is 2.77. The monoisotopic (exact) mass is 321 g/mol. The molecule has 0 aromatic carbocycles. The van der Waals surface area contributed by atoms with Gasteiger partial charge >= 0.3 is 0 Å². The van der Waals surface area contributed by atoms with Crippen molar-refractivity contribution in [1.29, 1.82) is 0 Å². The summed E-state index contributed by atoms with van der Waals surface area (Å²) < 4.78 is 0. The molecule has 0 radical (unpaired) electrons. The third kappa shape index (κ3) is 1.89. The van der Waals surface area contributed by atoms with Crippen molar-refractivity contribution in [3.8, 4) is 0 Å². The summed E-state index contributed by atoms with van der Waals surface area (Å²) in [7, 11) is 0. The zero-order valence-electron chi connectivity index (χ0n) is 18.1. The van der Waals surface area contributed by atoms with E-state index in [1.165, 1.54) is 19.3 Å². The van der Waals surface area contributed by atoms with Crippen LogP contribution in [0.15, 0.2) is 0 Å². The Kier molecular flexibility index (Phi) is 3.83. The summed E-state index contributed by atoms with van der Waals surface area (Å²) >= 11 is 0. The van der Waals surface area contributed by atoms with E-state index in [4.69, 9.17) is 0 Å². The number of hydrogen-bond acceptors (Lipinski definition) is 1. The molecule has 4 atom stereocenters. The third-order valence-electron chi connectivity index (χ3n) is 10.3. The molecule has 0 spiro atoms. The van der Waals surface area contributed by atoms with Crippen LogP contribution in [0.4, 0.5) is 0 Å². The lowest BCUT2D eigenvalue weighted by Crippen LogP contribution is -2.65. The normalized spacial score (nSPS) is 49.0. The van der Waals surface area contributed by atoms with Gasteiger partial charge in [-0.15, -0.1) is 0 Å². The van der Waals surface area contributed by atoms with E-state index < -0.39 is 0 Å². The summed E-state index contributed by atoms with van der Waals surface area (Å²) in [4.78, 5) is 0. The van der Waals surface area contributed by atoms with E-state index in [0.29, 0.717) is 11.0 Å². The molecule has 2 fully saturated rings. The van der Waals surface area contributed by atoms with Crippen molar-refractivity contribution in [3.05, 3.63) is 0 Å². The molecule has 4 unspecified atom stereocenters. The van der Waals surface area contributed by atoms with Crippen LogP contribution in [0.5, 0.6) is 0 Å². The van der Waals surface area contributed by atoms with E-state index >= 15 is 0 Å². The lowest BCUT2D eigenvalue weighted by Gasteiger charge is -2.69. The molecule has 1 nitrogen and oxygen atoms in total. The predicted octanol–water partition coefficient (Wildman–Crippen LogP) is 6.42. The van der Waals surface area contributed by atoms with Crippen LogP contribution >= 0.6 is 0 Å². The van der Waals surface area contributed by atoms with Crippen molar-refractivity contribution in [2.45, 2.75) is 113 Å². The highest BCUT2D eigenvalue weighted by Crippen LogP contribution is 2.74. The average Bonchev–Trinajstić information content (AvgIpc) is 2.97. The Morgan fingerprint density at radius 2 is 1.26 bits per heavy atom. The van der Waals surface area contributed by atoms with Crippen LogP contribution in [0.2, 0.25) is 0 Å². The van der Waals surface area contributed by atoms with E-state index in [2.05, 4.69) is 88.4 Å². The molecule has 2 aliphatic rings. The molecule has 1 heteroatoms. The lowest BCUT2D eigenvalue weighted by atomic mass is 9.35. The highest BCUT2D eigenvalue weighted by molar-refractivity contribution is 5.32. The molecule has 1 saturated heterocycles. The molecule has 2 rings (SSSR count). The first-order valence-electron chi connectivity index (χ1n) is 9.77. The molecule has 0 bridgehead atoms. The van der Waals surface area contributed by atoms with Gasteiger partial charge in [-0.05, 0) is 53.8 Å². The van der Waals surface area contributed by atoms with Crippen LogP contribution < -0.4 is 5.32 Å².